The van der Waals surface area contributed by atoms with Crippen molar-refractivity contribution in [1.82, 2.24) is 9.55 Å². The minimum atomic E-state index is -0.118. The van der Waals surface area contributed by atoms with E-state index in [9.17, 15) is 4.79 Å². The summed E-state index contributed by atoms with van der Waals surface area (Å²) >= 11 is 19.9. The first-order chi connectivity index (χ1) is 15.0. The second kappa shape index (κ2) is 9.79. The van der Waals surface area contributed by atoms with Crippen molar-refractivity contribution in [2.75, 3.05) is 11.1 Å². The number of nitrogens with zero attached hydrogens (tertiary/aromatic N) is 2. The molecular formula is C23H16Cl3N3OS. The first-order valence-corrected chi connectivity index (χ1v) is 11.4. The van der Waals surface area contributed by atoms with Crippen LogP contribution in [0, 0.1) is 0 Å². The summed E-state index contributed by atoms with van der Waals surface area (Å²) in [4.78, 5) is 17.0. The molecule has 0 aliphatic rings. The predicted molar refractivity (Wildman–Crippen MR) is 130 cm³/mol. The number of benzene rings is 3. The number of hydrogen-bond acceptors (Lipinski definition) is 3. The number of nitrogens with one attached hydrogen (secondary N) is 1. The van der Waals surface area contributed by atoms with Crippen molar-refractivity contribution >= 4 is 58.2 Å². The molecule has 4 rings (SSSR count). The van der Waals surface area contributed by atoms with Gasteiger partial charge in [-0.1, -0.05) is 76.9 Å². The normalized spacial score (nSPS) is 10.8. The van der Waals surface area contributed by atoms with Gasteiger partial charge >= 0.3 is 0 Å². The number of para-hydroxylation sites is 1. The molecule has 4 nitrogen and oxygen atoms in total. The Morgan fingerprint density at radius 1 is 0.935 bits per heavy atom. The van der Waals surface area contributed by atoms with Crippen LogP contribution in [0.15, 0.2) is 84.1 Å². The molecule has 4 aromatic rings. The van der Waals surface area contributed by atoms with Crippen LogP contribution in [-0.4, -0.2) is 21.2 Å². The second-order valence-corrected chi connectivity index (χ2v) is 8.77. The quantitative estimate of drug-likeness (QED) is 0.291. The van der Waals surface area contributed by atoms with Crippen LogP contribution in [0.5, 0.6) is 0 Å². The molecule has 0 saturated carbocycles. The summed E-state index contributed by atoms with van der Waals surface area (Å²) in [6.45, 7) is 0. The minimum Gasteiger partial charge on any atom is -0.325 e. The molecule has 8 heteroatoms. The molecule has 3 aromatic carbocycles. The Balaban J connectivity index is 1.65. The maximum absolute atomic E-state index is 12.4. The van der Waals surface area contributed by atoms with E-state index in [1.807, 2.05) is 59.2 Å². The third-order valence-corrected chi connectivity index (χ3v) is 6.33. The van der Waals surface area contributed by atoms with Crippen LogP contribution >= 0.6 is 46.6 Å². The smallest absolute Gasteiger partial charge is 0.234 e. The molecule has 0 fully saturated rings. The van der Waals surface area contributed by atoms with Crippen molar-refractivity contribution < 1.29 is 4.79 Å². The van der Waals surface area contributed by atoms with E-state index in [4.69, 9.17) is 34.8 Å². The fourth-order valence-electron chi connectivity index (χ4n) is 3.01. The summed E-state index contributed by atoms with van der Waals surface area (Å²) in [6.07, 6.45) is 1.75. The molecule has 1 heterocycles. The Kier molecular flexibility index (Phi) is 6.88. The first-order valence-electron chi connectivity index (χ1n) is 9.28. The van der Waals surface area contributed by atoms with Crippen LogP contribution in [0.4, 0.5) is 5.69 Å². The maximum Gasteiger partial charge on any atom is 0.234 e. The number of imidazole rings is 1. The van der Waals surface area contributed by atoms with E-state index in [-0.39, 0.29) is 11.7 Å². The number of rotatable bonds is 6. The van der Waals surface area contributed by atoms with Gasteiger partial charge in [-0.25, -0.2) is 4.98 Å². The lowest BCUT2D eigenvalue weighted by Crippen LogP contribution is -2.14. The van der Waals surface area contributed by atoms with E-state index < -0.39 is 0 Å². The van der Waals surface area contributed by atoms with Crippen LogP contribution in [-0.2, 0) is 4.79 Å². The van der Waals surface area contributed by atoms with Gasteiger partial charge in [0.2, 0.25) is 5.91 Å². The Labute approximate surface area is 199 Å². The van der Waals surface area contributed by atoms with Crippen molar-refractivity contribution in [3.8, 4) is 16.9 Å². The highest BCUT2D eigenvalue weighted by molar-refractivity contribution is 7.99. The lowest BCUT2D eigenvalue weighted by atomic mass is 10.1. The number of halogens is 3. The Bertz CT molecular complexity index is 1230. The molecule has 0 radical (unpaired) electrons. The van der Waals surface area contributed by atoms with Gasteiger partial charge in [-0.3, -0.25) is 9.36 Å². The van der Waals surface area contributed by atoms with Crippen molar-refractivity contribution in [1.29, 1.82) is 0 Å². The lowest BCUT2D eigenvalue weighted by molar-refractivity contribution is -0.113. The zero-order valence-electron chi connectivity index (χ0n) is 16.1. The van der Waals surface area contributed by atoms with E-state index >= 15 is 0 Å². The Morgan fingerprint density at radius 2 is 1.74 bits per heavy atom. The molecular weight excluding hydrogens is 473 g/mol. The predicted octanol–water partition coefficient (Wildman–Crippen LogP) is 7.23. The fourth-order valence-corrected chi connectivity index (χ4v) is 4.28. The van der Waals surface area contributed by atoms with E-state index in [2.05, 4.69) is 10.3 Å². The van der Waals surface area contributed by atoms with E-state index in [0.717, 1.165) is 22.6 Å². The fraction of sp³-hybridized carbons (Fsp3) is 0.0435. The maximum atomic E-state index is 12.4. The molecule has 1 N–H and O–H groups in total. The summed E-state index contributed by atoms with van der Waals surface area (Å²) in [5, 5.41) is 5.07. The van der Waals surface area contributed by atoms with Gasteiger partial charge in [0.25, 0.3) is 0 Å². The van der Waals surface area contributed by atoms with E-state index in [1.54, 1.807) is 24.4 Å². The summed E-state index contributed by atoms with van der Waals surface area (Å²) in [7, 11) is 0. The van der Waals surface area contributed by atoms with Gasteiger partial charge < -0.3 is 5.32 Å². The monoisotopic (exact) mass is 487 g/mol. The summed E-state index contributed by atoms with van der Waals surface area (Å²) < 4.78 is 1.95. The highest BCUT2D eigenvalue weighted by atomic mass is 35.5. The highest BCUT2D eigenvalue weighted by Gasteiger charge is 2.17. The average Bonchev–Trinajstić information content (AvgIpc) is 3.19. The molecule has 0 aliphatic carbocycles. The SMILES string of the molecule is O=C(CSc1ncc(-c2ccc(Cl)c(Cl)c2)n1-c1cccc(Cl)c1)Nc1ccccc1. The van der Waals surface area contributed by atoms with Crippen LogP contribution in [0.3, 0.4) is 0 Å². The molecule has 1 amide bonds. The number of amides is 1. The zero-order chi connectivity index (χ0) is 21.8. The van der Waals surface area contributed by atoms with Gasteiger partial charge in [-0.2, -0.15) is 0 Å². The molecule has 0 saturated heterocycles. The highest BCUT2D eigenvalue weighted by Crippen LogP contribution is 2.33. The van der Waals surface area contributed by atoms with E-state index in [1.165, 1.54) is 11.8 Å². The van der Waals surface area contributed by atoms with Crippen LogP contribution in [0.2, 0.25) is 15.1 Å². The number of aromatic nitrogens is 2. The molecule has 0 atom stereocenters. The minimum absolute atomic E-state index is 0.118. The van der Waals surface area contributed by atoms with Crippen LogP contribution in [0.1, 0.15) is 0 Å². The topological polar surface area (TPSA) is 46.9 Å². The molecule has 0 spiro atoms. The van der Waals surface area contributed by atoms with Crippen molar-refractivity contribution in [3.63, 3.8) is 0 Å². The Morgan fingerprint density at radius 3 is 2.48 bits per heavy atom. The molecule has 0 bridgehead atoms. The third-order valence-electron chi connectivity index (χ3n) is 4.40. The standard InChI is InChI=1S/C23H16Cl3N3OS/c24-16-5-4-8-18(12-16)29-21(15-9-10-19(25)20(26)11-15)13-27-23(29)31-14-22(30)28-17-6-2-1-3-7-17/h1-13H,14H2,(H,28,30). The number of carbonyl (C=O) groups is 1. The van der Waals surface area contributed by atoms with Crippen molar-refractivity contribution in [3.05, 3.63) is 94.1 Å². The molecule has 1 aromatic heterocycles. The molecule has 0 unspecified atom stereocenters. The van der Waals surface area contributed by atoms with Gasteiger partial charge in [0.05, 0.1) is 27.7 Å². The van der Waals surface area contributed by atoms with Gasteiger partial charge in [0, 0.05) is 22.0 Å². The largest absolute Gasteiger partial charge is 0.325 e. The van der Waals surface area contributed by atoms with Gasteiger partial charge in [0.1, 0.15) is 0 Å². The van der Waals surface area contributed by atoms with Gasteiger partial charge in [-0.05, 0) is 42.5 Å². The first kappa shape index (κ1) is 21.8. The number of anilines is 1. The van der Waals surface area contributed by atoms with Crippen LogP contribution in [0.25, 0.3) is 16.9 Å². The van der Waals surface area contributed by atoms with Crippen molar-refractivity contribution in [2.45, 2.75) is 5.16 Å². The summed E-state index contributed by atoms with van der Waals surface area (Å²) in [5.41, 5.74) is 3.24. The number of carbonyl (C=O) groups excluding carboxylic acids is 1. The third kappa shape index (κ3) is 5.25. The average molecular weight is 489 g/mol. The Hall–Kier alpha value is -2.44. The van der Waals surface area contributed by atoms with E-state index in [0.29, 0.717) is 20.2 Å². The number of thioether (sulfide) groups is 1. The van der Waals surface area contributed by atoms with Crippen LogP contribution < -0.4 is 5.32 Å². The molecule has 31 heavy (non-hydrogen) atoms. The second-order valence-electron chi connectivity index (χ2n) is 6.57. The lowest BCUT2D eigenvalue weighted by Gasteiger charge is -2.13. The van der Waals surface area contributed by atoms with Gasteiger partial charge in [0.15, 0.2) is 5.16 Å². The molecule has 156 valence electrons. The molecule has 0 aliphatic heterocycles. The van der Waals surface area contributed by atoms with Gasteiger partial charge in [-0.15, -0.1) is 0 Å². The summed E-state index contributed by atoms with van der Waals surface area (Å²) in [5.74, 6) is 0.0840. The summed E-state index contributed by atoms with van der Waals surface area (Å²) in [6, 6.07) is 22.2. The van der Waals surface area contributed by atoms with Crippen molar-refractivity contribution in [2.24, 2.45) is 0 Å². The zero-order valence-corrected chi connectivity index (χ0v) is 19.1. The number of hydrogen-bond donors (Lipinski definition) is 1.